The molecule has 0 N–H and O–H groups in total. The van der Waals surface area contributed by atoms with Gasteiger partial charge in [-0.25, -0.2) is 4.79 Å². The summed E-state index contributed by atoms with van der Waals surface area (Å²) < 4.78 is 5.00. The van der Waals surface area contributed by atoms with Gasteiger partial charge in [0.2, 0.25) is 0 Å². The van der Waals surface area contributed by atoms with E-state index in [1.165, 1.54) is 12.2 Å². The molecule has 0 aliphatic carbocycles. The van der Waals surface area contributed by atoms with Gasteiger partial charge in [-0.15, -0.1) is 0 Å². The third kappa shape index (κ3) is 4.11. The van der Waals surface area contributed by atoms with Crippen LogP contribution in [0.2, 0.25) is 0 Å². The van der Waals surface area contributed by atoms with Crippen molar-refractivity contribution >= 4 is 5.97 Å². The molecular weight excluding hydrogens is 226 g/mol. The first-order chi connectivity index (χ1) is 8.52. The highest BCUT2D eigenvalue weighted by Gasteiger charge is 2.07. The molecule has 0 aliphatic rings. The molecule has 1 aromatic carbocycles. The van der Waals surface area contributed by atoms with E-state index in [-0.39, 0.29) is 11.3 Å². The number of ether oxygens (including phenoxy) is 1. The van der Waals surface area contributed by atoms with Gasteiger partial charge in [0.15, 0.2) is 0 Å². The maximum Gasteiger partial charge on any atom is 0.343 e. The summed E-state index contributed by atoms with van der Waals surface area (Å²) in [5.74, 6) is -0.316. The highest BCUT2D eigenvalue weighted by Crippen LogP contribution is 2.08. The first-order valence-corrected chi connectivity index (χ1v) is 5.28. The summed E-state index contributed by atoms with van der Waals surface area (Å²) in [6, 6.07) is 8.87. The van der Waals surface area contributed by atoms with E-state index in [9.17, 15) is 4.79 Å². The minimum absolute atomic E-state index is 0.164. The van der Waals surface area contributed by atoms with Crippen molar-refractivity contribution in [1.29, 1.82) is 5.26 Å². The van der Waals surface area contributed by atoms with Crippen molar-refractivity contribution in [2.24, 2.45) is 0 Å². The smallest absolute Gasteiger partial charge is 0.343 e. The fraction of sp³-hybridized carbons (Fsp3) is 0.0667. The zero-order valence-electron chi connectivity index (χ0n) is 10.1. The number of nitriles is 1. The highest BCUT2D eigenvalue weighted by atomic mass is 16.5. The van der Waals surface area contributed by atoms with Gasteiger partial charge in [-0.3, -0.25) is 0 Å². The first kappa shape index (κ1) is 13.5. The van der Waals surface area contributed by atoms with Crippen molar-refractivity contribution in [2.75, 3.05) is 0 Å². The van der Waals surface area contributed by atoms with Gasteiger partial charge in [0, 0.05) is 5.57 Å². The number of esters is 1. The van der Waals surface area contributed by atoms with E-state index in [1.54, 1.807) is 12.1 Å². The number of carbonyl (C=O) groups excluding carboxylic acids is 1. The molecular formula is C15H13NO2. The van der Waals surface area contributed by atoms with E-state index in [2.05, 4.69) is 13.2 Å². The quantitative estimate of drug-likeness (QED) is 0.350. The molecule has 3 nitrogen and oxygen atoms in total. The standard InChI is InChI=1S/C15H13NO2/c1-11-5-8-14(9-6-11)15(17)18-13(3)7-4-12(2)10-16/h4-9H,2-3H2,1H3/b7-4-. The summed E-state index contributed by atoms with van der Waals surface area (Å²) in [5.41, 5.74) is 1.78. The number of allylic oxidation sites excluding steroid dienone is 3. The second-order valence-corrected chi connectivity index (χ2v) is 3.69. The minimum atomic E-state index is -0.479. The van der Waals surface area contributed by atoms with Gasteiger partial charge in [0.1, 0.15) is 5.76 Å². The zero-order chi connectivity index (χ0) is 13.5. The summed E-state index contributed by atoms with van der Waals surface area (Å²) in [6.07, 6.45) is 2.86. The molecule has 0 bridgehead atoms. The molecule has 90 valence electrons. The van der Waals surface area contributed by atoms with Gasteiger partial charge >= 0.3 is 5.97 Å². The van der Waals surface area contributed by atoms with Crippen molar-refractivity contribution in [3.05, 3.63) is 72.0 Å². The Morgan fingerprint density at radius 2 is 1.89 bits per heavy atom. The Hall–Kier alpha value is -2.60. The molecule has 0 atom stereocenters. The van der Waals surface area contributed by atoms with E-state index in [4.69, 9.17) is 10.00 Å². The maximum atomic E-state index is 11.7. The summed E-state index contributed by atoms with van der Waals surface area (Å²) in [7, 11) is 0. The summed E-state index contributed by atoms with van der Waals surface area (Å²) in [5, 5.41) is 8.50. The van der Waals surface area contributed by atoms with Gasteiger partial charge in [0.05, 0.1) is 11.6 Å². The molecule has 0 spiro atoms. The lowest BCUT2D eigenvalue weighted by Gasteiger charge is -2.03. The maximum absolute atomic E-state index is 11.7. The average Bonchev–Trinajstić information content (AvgIpc) is 2.36. The molecule has 18 heavy (non-hydrogen) atoms. The van der Waals surface area contributed by atoms with Crippen LogP contribution in [0.1, 0.15) is 15.9 Å². The summed E-state index contributed by atoms with van der Waals surface area (Å²) in [6.45, 7) is 8.96. The first-order valence-electron chi connectivity index (χ1n) is 5.28. The minimum Gasteiger partial charge on any atom is -0.424 e. The number of hydrogen-bond donors (Lipinski definition) is 0. The number of hydrogen-bond acceptors (Lipinski definition) is 3. The fourth-order valence-corrected chi connectivity index (χ4v) is 1.13. The van der Waals surface area contributed by atoms with Gasteiger partial charge in [-0.1, -0.05) is 30.9 Å². The lowest BCUT2D eigenvalue weighted by atomic mass is 10.1. The Morgan fingerprint density at radius 1 is 1.28 bits per heavy atom. The Balaban J connectivity index is 2.63. The second-order valence-electron chi connectivity index (χ2n) is 3.69. The SMILES string of the molecule is C=C(C#N)/C=C\C(=C)OC(=O)c1ccc(C)cc1. The van der Waals surface area contributed by atoms with E-state index in [0.717, 1.165) is 5.56 Å². The molecule has 0 heterocycles. The monoisotopic (exact) mass is 239 g/mol. The topological polar surface area (TPSA) is 50.1 Å². The molecule has 0 unspecified atom stereocenters. The van der Waals surface area contributed by atoms with Crippen molar-refractivity contribution in [2.45, 2.75) is 6.92 Å². The molecule has 1 aromatic rings. The van der Waals surface area contributed by atoms with Crippen LogP contribution in [0.3, 0.4) is 0 Å². The van der Waals surface area contributed by atoms with Gasteiger partial charge in [-0.2, -0.15) is 5.26 Å². The van der Waals surface area contributed by atoms with Crippen molar-refractivity contribution < 1.29 is 9.53 Å². The van der Waals surface area contributed by atoms with E-state index in [0.29, 0.717) is 5.56 Å². The molecule has 0 saturated carbocycles. The Bertz CT molecular complexity index is 545. The summed E-state index contributed by atoms with van der Waals surface area (Å²) in [4.78, 5) is 11.7. The van der Waals surface area contributed by atoms with Crippen LogP contribution in [-0.2, 0) is 4.74 Å². The predicted octanol–water partition coefficient (Wildman–Crippen LogP) is 3.30. The zero-order valence-corrected chi connectivity index (χ0v) is 10.1. The normalized spacial score (nSPS) is 9.78. The van der Waals surface area contributed by atoms with Crippen LogP contribution in [0.4, 0.5) is 0 Å². The number of aryl methyl sites for hydroxylation is 1. The van der Waals surface area contributed by atoms with Crippen molar-refractivity contribution in [3.63, 3.8) is 0 Å². The van der Waals surface area contributed by atoms with Crippen molar-refractivity contribution in [1.82, 2.24) is 0 Å². The van der Waals surface area contributed by atoms with Gasteiger partial charge in [0.25, 0.3) is 0 Å². The largest absolute Gasteiger partial charge is 0.424 e. The molecule has 0 amide bonds. The number of rotatable bonds is 4. The van der Waals surface area contributed by atoms with Crippen LogP contribution in [0.5, 0.6) is 0 Å². The predicted molar refractivity (Wildman–Crippen MR) is 69.6 cm³/mol. The van der Waals surface area contributed by atoms with Gasteiger partial charge < -0.3 is 4.74 Å². The van der Waals surface area contributed by atoms with E-state index in [1.807, 2.05) is 25.1 Å². The molecule has 0 aromatic heterocycles. The molecule has 0 saturated heterocycles. The van der Waals surface area contributed by atoms with Crippen LogP contribution in [0.15, 0.2) is 60.9 Å². The average molecular weight is 239 g/mol. The molecule has 1 rings (SSSR count). The van der Waals surface area contributed by atoms with Crippen LogP contribution in [0, 0.1) is 18.3 Å². The Labute approximate surface area is 106 Å². The molecule has 0 radical (unpaired) electrons. The molecule has 0 aliphatic heterocycles. The van der Waals surface area contributed by atoms with E-state index < -0.39 is 5.97 Å². The van der Waals surface area contributed by atoms with Crippen LogP contribution < -0.4 is 0 Å². The lowest BCUT2D eigenvalue weighted by Crippen LogP contribution is -2.03. The number of benzene rings is 1. The third-order valence-electron chi connectivity index (χ3n) is 2.13. The second kappa shape index (κ2) is 6.21. The van der Waals surface area contributed by atoms with Crippen LogP contribution in [-0.4, -0.2) is 5.97 Å². The fourth-order valence-electron chi connectivity index (χ4n) is 1.13. The lowest BCUT2D eigenvalue weighted by molar-refractivity contribution is 0.0638. The van der Waals surface area contributed by atoms with Gasteiger partial charge in [-0.05, 0) is 31.2 Å². The molecule has 3 heteroatoms. The van der Waals surface area contributed by atoms with Crippen LogP contribution in [0.25, 0.3) is 0 Å². The Morgan fingerprint density at radius 3 is 2.44 bits per heavy atom. The number of carbonyl (C=O) groups is 1. The molecule has 0 fully saturated rings. The number of nitrogens with zero attached hydrogens (tertiary/aromatic N) is 1. The van der Waals surface area contributed by atoms with Crippen molar-refractivity contribution in [3.8, 4) is 6.07 Å². The third-order valence-corrected chi connectivity index (χ3v) is 2.13. The summed E-state index contributed by atoms with van der Waals surface area (Å²) >= 11 is 0. The highest BCUT2D eigenvalue weighted by molar-refractivity contribution is 5.90. The Kier molecular flexibility index (Phi) is 4.65. The van der Waals surface area contributed by atoms with Crippen LogP contribution >= 0.6 is 0 Å². The van der Waals surface area contributed by atoms with E-state index >= 15 is 0 Å².